The minimum atomic E-state index is -0.118. The van der Waals surface area contributed by atoms with Crippen molar-refractivity contribution in [1.29, 1.82) is 0 Å². The molecular formula is C21H29N3O2. The van der Waals surface area contributed by atoms with Crippen LogP contribution in [0.25, 0.3) is 0 Å². The number of nitrogens with zero attached hydrogens (tertiary/aromatic N) is 2. The minimum absolute atomic E-state index is 0.00561. The van der Waals surface area contributed by atoms with Crippen molar-refractivity contribution in [2.45, 2.75) is 57.9 Å². The molecule has 0 radical (unpaired) electrons. The molecule has 2 saturated heterocycles. The van der Waals surface area contributed by atoms with Gasteiger partial charge in [0.1, 0.15) is 0 Å². The zero-order valence-corrected chi connectivity index (χ0v) is 15.8. The fraction of sp³-hybridized carbons (Fsp3) is 0.667. The molecule has 1 unspecified atom stereocenters. The molecule has 2 amide bonds. The second-order valence-electron chi connectivity index (χ2n) is 8.43. The molecule has 1 aromatic rings. The second-order valence-corrected chi connectivity index (χ2v) is 8.43. The van der Waals surface area contributed by atoms with Gasteiger partial charge < -0.3 is 10.2 Å². The molecule has 2 aliphatic heterocycles. The first kappa shape index (κ1) is 17.5. The average molecular weight is 355 g/mol. The number of amides is 2. The maximum Gasteiger partial charge on any atom is 0.226 e. The maximum atomic E-state index is 12.9. The summed E-state index contributed by atoms with van der Waals surface area (Å²) in [6.45, 7) is 5.67. The number of fused-ring (bicyclic) bond motifs is 2. The highest BCUT2D eigenvalue weighted by molar-refractivity contribution is 5.82. The van der Waals surface area contributed by atoms with E-state index < -0.39 is 0 Å². The van der Waals surface area contributed by atoms with Gasteiger partial charge in [-0.3, -0.25) is 14.6 Å². The third-order valence-electron chi connectivity index (χ3n) is 6.85. The Balaban J connectivity index is 1.37. The number of aromatic nitrogens is 1. The fourth-order valence-corrected chi connectivity index (χ4v) is 5.26. The molecule has 5 rings (SSSR count). The molecule has 1 N–H and O–H groups in total. The first-order valence-corrected chi connectivity index (χ1v) is 10.1. The number of carbonyl (C=O) groups excluding carboxylic acids is 2. The van der Waals surface area contributed by atoms with Gasteiger partial charge in [0.25, 0.3) is 0 Å². The predicted molar refractivity (Wildman–Crippen MR) is 99.4 cm³/mol. The van der Waals surface area contributed by atoms with Crippen LogP contribution < -0.4 is 5.32 Å². The standard InChI is InChI=1S/C21H29N3O2/c1-3-15(4-2)20(26)24-12-14-9-21(24,10-14)13-23-19(25)17-7-16-5-6-22-11-18(16)8-17/h5-6,11,14-15,17H,3-4,7-10,12-13H2,1-2H3,(H,23,25). The van der Waals surface area contributed by atoms with Crippen LogP contribution in [-0.4, -0.2) is 40.3 Å². The van der Waals surface area contributed by atoms with E-state index in [9.17, 15) is 9.59 Å². The summed E-state index contributed by atoms with van der Waals surface area (Å²) in [7, 11) is 0. The van der Waals surface area contributed by atoms with Gasteiger partial charge in [-0.1, -0.05) is 13.8 Å². The average Bonchev–Trinajstić information content (AvgIpc) is 3.30. The van der Waals surface area contributed by atoms with Gasteiger partial charge >= 0.3 is 0 Å². The van der Waals surface area contributed by atoms with E-state index >= 15 is 0 Å². The zero-order valence-electron chi connectivity index (χ0n) is 15.8. The van der Waals surface area contributed by atoms with E-state index in [1.165, 1.54) is 11.1 Å². The molecule has 3 heterocycles. The normalized spacial score (nSPS) is 28.8. The Morgan fingerprint density at radius 3 is 2.69 bits per heavy atom. The summed E-state index contributed by atoms with van der Waals surface area (Å²) in [5, 5.41) is 3.19. The monoisotopic (exact) mass is 355 g/mol. The van der Waals surface area contributed by atoms with Crippen molar-refractivity contribution < 1.29 is 9.59 Å². The number of carbonyl (C=O) groups is 2. The highest BCUT2D eigenvalue weighted by atomic mass is 16.2. The van der Waals surface area contributed by atoms with Gasteiger partial charge in [-0.2, -0.15) is 0 Å². The predicted octanol–water partition coefficient (Wildman–Crippen LogP) is 2.34. The lowest BCUT2D eigenvalue weighted by Gasteiger charge is -2.43. The van der Waals surface area contributed by atoms with Crippen molar-refractivity contribution in [2.75, 3.05) is 13.1 Å². The van der Waals surface area contributed by atoms with Gasteiger partial charge in [0, 0.05) is 37.3 Å². The number of hydrogen-bond acceptors (Lipinski definition) is 3. The quantitative estimate of drug-likeness (QED) is 0.852. The Bertz CT molecular complexity index is 682. The topological polar surface area (TPSA) is 62.3 Å². The van der Waals surface area contributed by atoms with Gasteiger partial charge in [-0.25, -0.2) is 0 Å². The molecule has 0 aromatic carbocycles. The van der Waals surface area contributed by atoms with E-state index in [-0.39, 0.29) is 23.3 Å². The molecule has 3 fully saturated rings. The summed E-state index contributed by atoms with van der Waals surface area (Å²) in [4.78, 5) is 31.9. The Hall–Kier alpha value is -1.91. The number of pyridine rings is 1. The van der Waals surface area contributed by atoms with Crippen LogP contribution in [0.2, 0.25) is 0 Å². The number of nitrogens with one attached hydrogen (secondary N) is 1. The van der Waals surface area contributed by atoms with Crippen LogP contribution in [0.4, 0.5) is 0 Å². The lowest BCUT2D eigenvalue weighted by Crippen LogP contribution is -2.57. The lowest BCUT2D eigenvalue weighted by molar-refractivity contribution is -0.140. The fourth-order valence-electron chi connectivity index (χ4n) is 5.26. The Kier molecular flexibility index (Phi) is 4.49. The van der Waals surface area contributed by atoms with E-state index in [4.69, 9.17) is 0 Å². The first-order chi connectivity index (χ1) is 12.6. The van der Waals surface area contributed by atoms with Gasteiger partial charge in [0.05, 0.1) is 5.54 Å². The highest BCUT2D eigenvalue weighted by Gasteiger charge is 2.58. The molecule has 1 atom stereocenters. The molecule has 26 heavy (non-hydrogen) atoms. The maximum absolute atomic E-state index is 12.9. The smallest absolute Gasteiger partial charge is 0.226 e. The third-order valence-corrected chi connectivity index (χ3v) is 6.85. The summed E-state index contributed by atoms with van der Waals surface area (Å²) >= 11 is 0. The molecule has 4 aliphatic rings. The van der Waals surface area contributed by atoms with Crippen LogP contribution in [0, 0.1) is 17.8 Å². The zero-order chi connectivity index (χ0) is 18.3. The van der Waals surface area contributed by atoms with Crippen LogP contribution in [0.15, 0.2) is 18.5 Å². The van der Waals surface area contributed by atoms with E-state index in [1.54, 1.807) is 6.20 Å². The third kappa shape index (κ3) is 2.81. The lowest BCUT2D eigenvalue weighted by atomic mass is 9.73. The van der Waals surface area contributed by atoms with Crippen molar-refractivity contribution >= 4 is 11.8 Å². The van der Waals surface area contributed by atoms with Crippen LogP contribution in [0.5, 0.6) is 0 Å². The highest BCUT2D eigenvalue weighted by Crippen LogP contribution is 2.50. The summed E-state index contributed by atoms with van der Waals surface area (Å²) < 4.78 is 0. The van der Waals surface area contributed by atoms with Crippen molar-refractivity contribution in [1.82, 2.24) is 15.2 Å². The SMILES string of the molecule is CCC(CC)C(=O)N1CC2CC1(CNC(=O)C1Cc3ccncc3C1)C2. The van der Waals surface area contributed by atoms with E-state index in [1.807, 2.05) is 12.3 Å². The largest absolute Gasteiger partial charge is 0.353 e. The van der Waals surface area contributed by atoms with Crippen molar-refractivity contribution in [3.63, 3.8) is 0 Å². The summed E-state index contributed by atoms with van der Waals surface area (Å²) in [5.41, 5.74) is 2.32. The summed E-state index contributed by atoms with van der Waals surface area (Å²) in [6, 6.07) is 2.02. The van der Waals surface area contributed by atoms with Crippen LogP contribution >= 0.6 is 0 Å². The van der Waals surface area contributed by atoms with E-state index in [0.717, 1.165) is 45.1 Å². The molecule has 5 nitrogen and oxygen atoms in total. The minimum Gasteiger partial charge on any atom is -0.353 e. The van der Waals surface area contributed by atoms with Crippen molar-refractivity contribution in [2.24, 2.45) is 17.8 Å². The Morgan fingerprint density at radius 2 is 2.00 bits per heavy atom. The van der Waals surface area contributed by atoms with Gasteiger partial charge in [0.2, 0.25) is 11.8 Å². The molecule has 0 spiro atoms. The molecule has 140 valence electrons. The second kappa shape index (κ2) is 6.67. The van der Waals surface area contributed by atoms with Crippen LogP contribution in [0.1, 0.15) is 50.7 Å². The van der Waals surface area contributed by atoms with Crippen LogP contribution in [-0.2, 0) is 22.4 Å². The van der Waals surface area contributed by atoms with Gasteiger partial charge in [0.15, 0.2) is 0 Å². The van der Waals surface area contributed by atoms with Crippen molar-refractivity contribution in [3.8, 4) is 0 Å². The van der Waals surface area contributed by atoms with Gasteiger partial charge in [-0.15, -0.1) is 0 Å². The Labute approximate surface area is 155 Å². The number of hydrogen-bond donors (Lipinski definition) is 1. The molecule has 1 saturated carbocycles. The number of rotatable bonds is 6. The molecule has 5 heteroatoms. The molecule has 2 aliphatic carbocycles. The summed E-state index contributed by atoms with van der Waals surface area (Å²) in [6.07, 6.45) is 9.15. The molecule has 2 bridgehead atoms. The summed E-state index contributed by atoms with van der Waals surface area (Å²) in [5.74, 6) is 1.18. The molecule has 1 aromatic heterocycles. The van der Waals surface area contributed by atoms with Crippen molar-refractivity contribution in [3.05, 3.63) is 29.6 Å². The molecular weight excluding hydrogens is 326 g/mol. The first-order valence-electron chi connectivity index (χ1n) is 10.1. The van der Waals surface area contributed by atoms with E-state index in [2.05, 4.69) is 29.0 Å². The Morgan fingerprint density at radius 1 is 1.27 bits per heavy atom. The van der Waals surface area contributed by atoms with E-state index in [0.29, 0.717) is 18.4 Å². The van der Waals surface area contributed by atoms with Crippen LogP contribution in [0.3, 0.4) is 0 Å². The van der Waals surface area contributed by atoms with Gasteiger partial charge in [-0.05, 0) is 61.6 Å².